The second-order valence-electron chi connectivity index (χ2n) is 20.0. The molecule has 13 aromatic rings. The van der Waals surface area contributed by atoms with Crippen molar-refractivity contribution >= 4 is 108 Å². The summed E-state index contributed by atoms with van der Waals surface area (Å²) < 4.78 is 4.98. The molecule has 3 heterocycles. The first-order valence-electron chi connectivity index (χ1n) is 25.6. The van der Waals surface area contributed by atoms with Crippen molar-refractivity contribution in [3.63, 3.8) is 0 Å². The number of nitrogens with zero attached hydrogens (tertiary/aromatic N) is 2. The largest absolute Gasteiger partial charge is 0.309 e. The van der Waals surface area contributed by atoms with Gasteiger partial charge in [-0.25, -0.2) is 0 Å². The minimum absolute atomic E-state index is 1.17. The Hall–Kier alpha value is -8.11. The zero-order chi connectivity index (χ0) is 48.6. The fraction of sp³-hybridized carbons (Fsp3) is 0.0149. The van der Waals surface area contributed by atoms with E-state index >= 15 is 0 Å². The summed E-state index contributed by atoms with van der Waals surface area (Å²) in [6.07, 6.45) is 0. The van der Waals surface area contributed by atoms with Gasteiger partial charge in [-0.05, 0) is 48.5 Å². The summed E-state index contributed by atoms with van der Waals surface area (Å²) in [6.45, 7) is 2.87. The van der Waals surface area contributed by atoms with Crippen molar-refractivity contribution in [2.45, 2.75) is 6.55 Å². The molecule has 0 spiro atoms. The molecule has 6 heteroatoms. The Bertz CT molecular complexity index is 3960. The van der Waals surface area contributed by atoms with Crippen LogP contribution in [0.3, 0.4) is 0 Å². The van der Waals surface area contributed by atoms with Gasteiger partial charge in [0.05, 0.1) is 29.2 Å². The van der Waals surface area contributed by atoms with Crippen LogP contribution in [0.1, 0.15) is 0 Å². The van der Waals surface area contributed by atoms with Crippen molar-refractivity contribution in [3.8, 4) is 11.4 Å². The fourth-order valence-electron chi connectivity index (χ4n) is 14.7. The van der Waals surface area contributed by atoms with Gasteiger partial charge in [-0.15, -0.1) is 0 Å². The predicted molar refractivity (Wildman–Crippen MR) is 320 cm³/mol. The summed E-state index contributed by atoms with van der Waals surface area (Å²) in [5.74, 6) is 0. The molecule has 1 aliphatic rings. The van der Waals surface area contributed by atoms with Crippen molar-refractivity contribution in [2.24, 2.45) is 0 Å². The molecule has 1 aliphatic heterocycles. The highest BCUT2D eigenvalue weighted by Gasteiger charge is 2.92. The minimum Gasteiger partial charge on any atom is -0.309 e. The molecule has 1 saturated heterocycles. The zero-order valence-electron chi connectivity index (χ0n) is 40.7. The molecule has 0 aliphatic carbocycles. The minimum atomic E-state index is -3.12. The number of fused-ring (bicyclic) bond motifs is 6. The van der Waals surface area contributed by atoms with Crippen LogP contribution in [0.15, 0.2) is 297 Å². The van der Waals surface area contributed by atoms with E-state index in [1.165, 1.54) is 60.2 Å². The molecule has 0 saturated carbocycles. The average molecular weight is 998 g/mol. The van der Waals surface area contributed by atoms with Crippen molar-refractivity contribution < 1.29 is 0 Å². The molecule has 11 aromatic carbocycles. The summed E-state index contributed by atoms with van der Waals surface area (Å²) in [5, 5.41) is 16.0. The van der Waals surface area contributed by atoms with Crippen LogP contribution in [0, 0.1) is 0 Å². The summed E-state index contributed by atoms with van der Waals surface area (Å²) in [5.41, 5.74) is 7.21. The number of rotatable bonds is 9. The van der Waals surface area contributed by atoms with Gasteiger partial charge in [-0.3, -0.25) is 0 Å². The SMILES string of the molecule is C[Si]1(c2ccccc2)[Si](c2ccccc2)(c2ccccc2)[Si](c2ccccc2)(c2ccc(-n3c4ccccc4c4cc5c(cc43)c3ccccc3n5-c3ccccc3)cc2)[Si]1(c1ccccc1)c1ccccc1. The van der Waals surface area contributed by atoms with Crippen LogP contribution in [0.2, 0.25) is 6.55 Å². The quantitative estimate of drug-likeness (QED) is 0.128. The van der Waals surface area contributed by atoms with Gasteiger partial charge >= 0.3 is 0 Å². The number of para-hydroxylation sites is 3. The number of aromatic nitrogens is 2. The third-order valence-electron chi connectivity index (χ3n) is 17.0. The summed E-state index contributed by atoms with van der Waals surface area (Å²) in [7, 11) is -11.8. The van der Waals surface area contributed by atoms with Crippen LogP contribution in [0.4, 0.5) is 0 Å². The van der Waals surface area contributed by atoms with Crippen molar-refractivity contribution in [1.29, 1.82) is 0 Å². The van der Waals surface area contributed by atoms with Crippen molar-refractivity contribution in [3.05, 3.63) is 297 Å². The Morgan fingerprint density at radius 3 is 0.863 bits per heavy atom. The van der Waals surface area contributed by atoms with Gasteiger partial charge in [0, 0.05) is 32.9 Å². The molecule has 0 N–H and O–H groups in total. The molecule has 73 heavy (non-hydrogen) atoms. The van der Waals surface area contributed by atoms with Gasteiger partial charge in [0.1, 0.15) is 21.3 Å². The second kappa shape index (κ2) is 17.0. The standard InChI is InChI=1S/C67H52N2Si4/c1-70(53-29-11-3-12-30-53)71(54-31-13-4-14-32-54,55-33-15-5-16-34-55)73(58-39-21-8-22-40-58,72(70,56-35-17-6-18-36-56)57-37-19-7-20-38-57)59-47-45-52(46-48-59)69-65-44-26-24-42-61(65)63-49-66-62(50-67(63)69)60-41-23-25-43-64(60)68(66)51-27-9-2-10-28-51/h2-50H,1H3. The molecule has 0 amide bonds. The lowest BCUT2D eigenvalue weighted by atomic mass is 10.1. The topological polar surface area (TPSA) is 9.86 Å². The van der Waals surface area contributed by atoms with E-state index in [9.17, 15) is 0 Å². The van der Waals surface area contributed by atoms with Crippen LogP contribution in [-0.4, -0.2) is 37.6 Å². The van der Waals surface area contributed by atoms with Gasteiger partial charge in [-0.2, -0.15) is 0 Å². The van der Waals surface area contributed by atoms with Crippen molar-refractivity contribution in [2.75, 3.05) is 0 Å². The first kappa shape index (κ1) is 43.7. The van der Waals surface area contributed by atoms with Gasteiger partial charge < -0.3 is 9.13 Å². The normalized spacial score (nSPS) is 18.0. The molecule has 14 rings (SSSR count). The molecule has 2 aromatic heterocycles. The van der Waals surface area contributed by atoms with Crippen LogP contribution in [0.25, 0.3) is 55.0 Å². The Balaban J connectivity index is 1.12. The third kappa shape index (κ3) is 5.77. The lowest BCUT2D eigenvalue weighted by Gasteiger charge is -2.78. The van der Waals surface area contributed by atoms with E-state index < -0.39 is 28.4 Å². The second-order valence-corrected chi connectivity index (χ2v) is 56.3. The maximum absolute atomic E-state index is 3.12. The van der Waals surface area contributed by atoms with Gasteiger partial charge in [0.25, 0.3) is 0 Å². The third-order valence-corrected chi connectivity index (χ3v) is 97.1. The molecule has 1 fully saturated rings. The van der Waals surface area contributed by atoms with E-state index in [1.807, 2.05) is 0 Å². The highest BCUT2D eigenvalue weighted by Crippen LogP contribution is 2.50. The van der Waals surface area contributed by atoms with E-state index in [2.05, 4.69) is 313 Å². The summed E-state index contributed by atoms with van der Waals surface area (Å²) in [4.78, 5) is 0. The lowest BCUT2D eigenvalue weighted by Crippen LogP contribution is -3.23. The van der Waals surface area contributed by atoms with Crippen LogP contribution in [-0.2, 0) is 0 Å². The Labute approximate surface area is 429 Å². The number of hydrogen-bond donors (Lipinski definition) is 0. The molecular weight excluding hydrogens is 945 g/mol. The van der Waals surface area contributed by atoms with Crippen LogP contribution < -0.4 is 36.3 Å². The molecule has 346 valence electrons. The monoisotopic (exact) mass is 996 g/mol. The number of benzene rings is 11. The zero-order valence-corrected chi connectivity index (χ0v) is 44.7. The Morgan fingerprint density at radius 1 is 0.219 bits per heavy atom. The molecule has 0 bridgehead atoms. The smallest absolute Gasteiger partial charge is 0.120 e. The molecule has 0 radical (unpaired) electrons. The van der Waals surface area contributed by atoms with Crippen LogP contribution in [0.5, 0.6) is 0 Å². The van der Waals surface area contributed by atoms with Gasteiger partial charge in [-0.1, -0.05) is 292 Å². The Morgan fingerprint density at radius 2 is 0.493 bits per heavy atom. The van der Waals surface area contributed by atoms with E-state index in [4.69, 9.17) is 0 Å². The molecule has 0 unspecified atom stereocenters. The maximum atomic E-state index is 2.87. The lowest BCUT2D eigenvalue weighted by molar-refractivity contribution is 1.18. The van der Waals surface area contributed by atoms with E-state index in [-0.39, 0.29) is 0 Å². The number of hydrogen-bond acceptors (Lipinski definition) is 0. The van der Waals surface area contributed by atoms with E-state index in [1.54, 1.807) is 31.1 Å². The highest BCUT2D eigenvalue weighted by atomic mass is 30.2. The van der Waals surface area contributed by atoms with Crippen LogP contribution >= 0.6 is 0 Å². The Kier molecular flexibility index (Phi) is 10.2. The first-order valence-corrected chi connectivity index (χ1v) is 38.1. The first-order chi connectivity index (χ1) is 36.1. The molecular formula is C67H52N2Si4. The summed E-state index contributed by atoms with van der Waals surface area (Å²) >= 11 is 0. The highest BCUT2D eigenvalue weighted by molar-refractivity contribution is 8.25. The van der Waals surface area contributed by atoms with Crippen molar-refractivity contribution in [1.82, 2.24) is 9.13 Å². The van der Waals surface area contributed by atoms with Gasteiger partial charge in [0.15, 0.2) is 0 Å². The predicted octanol–water partition coefficient (Wildman–Crippen LogP) is 11.3. The van der Waals surface area contributed by atoms with E-state index in [0.717, 1.165) is 0 Å². The summed E-state index contributed by atoms with van der Waals surface area (Å²) in [6, 6.07) is 116. The maximum Gasteiger partial charge on any atom is 0.120 e. The molecule has 0 atom stereocenters. The fourth-order valence-corrected chi connectivity index (χ4v) is 139. The van der Waals surface area contributed by atoms with Gasteiger partial charge in [0.2, 0.25) is 0 Å². The van der Waals surface area contributed by atoms with E-state index in [0.29, 0.717) is 0 Å². The molecule has 2 nitrogen and oxygen atoms in total. The average Bonchev–Trinajstić information content (AvgIpc) is 4.04.